The number of hydrogen-bond acceptors (Lipinski definition) is 4. The van der Waals surface area contributed by atoms with Crippen molar-refractivity contribution in [2.75, 3.05) is 6.61 Å². The van der Waals surface area contributed by atoms with Crippen LogP contribution in [0.2, 0.25) is 5.04 Å². The van der Waals surface area contributed by atoms with Gasteiger partial charge < -0.3 is 4.74 Å². The zero-order valence-electron chi connectivity index (χ0n) is 17.4. The molecule has 0 saturated heterocycles. The molecule has 0 aliphatic heterocycles. The van der Waals surface area contributed by atoms with E-state index in [0.717, 1.165) is 0 Å². The molecule has 1 atom stereocenters. The third-order valence-corrected chi connectivity index (χ3v) is 10.2. The third kappa shape index (κ3) is 5.30. The zero-order valence-corrected chi connectivity index (χ0v) is 19.3. The molecular weight excluding hydrogens is 394 g/mol. The number of carbonyl (C=O) groups excluding carboxylic acids is 1. The Morgan fingerprint density at radius 1 is 1.07 bits per heavy atom. The highest BCUT2D eigenvalue weighted by molar-refractivity contribution is 7.78. The van der Waals surface area contributed by atoms with Crippen molar-refractivity contribution in [2.24, 2.45) is 4.99 Å². The molecule has 0 saturated carbocycles. The number of rotatable bonds is 6. The largest absolute Gasteiger partial charge is 0.464 e. The molecule has 0 aromatic heterocycles. The summed E-state index contributed by atoms with van der Waals surface area (Å²) in [6.07, 6.45) is 0.257. The van der Waals surface area contributed by atoms with Crippen LogP contribution in [0.25, 0.3) is 0 Å². The van der Waals surface area contributed by atoms with E-state index in [1.54, 1.807) is 6.92 Å². The fraction of sp³-hybridized carbons (Fsp3) is 0.333. The van der Waals surface area contributed by atoms with Crippen LogP contribution >= 0.6 is 12.2 Å². The minimum Gasteiger partial charge on any atom is -0.464 e. The molecule has 0 spiro atoms. The molecule has 0 N–H and O–H groups in total. The number of carbonyl (C=O) groups is 1. The van der Waals surface area contributed by atoms with Gasteiger partial charge in [0.15, 0.2) is 6.04 Å². The van der Waals surface area contributed by atoms with Gasteiger partial charge in [-0.15, -0.1) is 11.5 Å². The predicted molar refractivity (Wildman–Crippen MR) is 125 cm³/mol. The molecule has 0 radical (unpaired) electrons. The minimum atomic E-state index is -2.49. The Labute approximate surface area is 180 Å². The summed E-state index contributed by atoms with van der Waals surface area (Å²) in [6.45, 7) is 8.79. The maximum atomic E-state index is 12.2. The van der Waals surface area contributed by atoms with E-state index in [9.17, 15) is 4.79 Å². The monoisotopic (exact) mass is 421 g/mol. The molecule has 150 valence electrons. The first-order chi connectivity index (χ1) is 13.9. The van der Waals surface area contributed by atoms with Crippen LogP contribution < -0.4 is 10.4 Å². The summed E-state index contributed by atoms with van der Waals surface area (Å²) >= 11 is 4.70. The smallest absolute Gasteiger partial charge is 0.332 e. The Kier molecular flexibility index (Phi) is 8.10. The van der Waals surface area contributed by atoms with Gasteiger partial charge in [-0.05, 0) is 34.6 Å². The molecule has 1 unspecified atom stereocenters. The maximum Gasteiger partial charge on any atom is 0.332 e. The molecule has 0 heterocycles. The van der Waals surface area contributed by atoms with E-state index >= 15 is 0 Å². The third-order valence-electron chi connectivity index (χ3n) is 4.88. The van der Waals surface area contributed by atoms with Gasteiger partial charge in [-0.3, -0.25) is 0 Å². The number of hydrogen-bond donors (Lipinski definition) is 0. The summed E-state index contributed by atoms with van der Waals surface area (Å²) in [4.78, 5) is 16.1. The second-order valence-corrected chi connectivity index (χ2v) is 12.3. The van der Waals surface area contributed by atoms with Crippen LogP contribution in [0.15, 0.2) is 65.7 Å². The van der Waals surface area contributed by atoms with Gasteiger partial charge in [0, 0.05) is 6.42 Å². The van der Waals surface area contributed by atoms with Gasteiger partial charge in [0.1, 0.15) is 0 Å². The number of benzene rings is 2. The summed E-state index contributed by atoms with van der Waals surface area (Å²) in [5, 5.41) is 4.72. The first-order valence-corrected chi connectivity index (χ1v) is 12.1. The predicted octanol–water partition coefficient (Wildman–Crippen LogP) is 4.02. The number of thiocarbonyl (C=S) groups is 1. The molecule has 2 aromatic rings. The Morgan fingerprint density at radius 2 is 1.59 bits per heavy atom. The lowest BCUT2D eigenvalue weighted by Crippen LogP contribution is -2.63. The molecule has 5 heteroatoms. The Morgan fingerprint density at radius 3 is 2.00 bits per heavy atom. The van der Waals surface area contributed by atoms with Crippen molar-refractivity contribution in [2.45, 2.75) is 45.2 Å². The van der Waals surface area contributed by atoms with E-state index in [0.29, 0.717) is 6.61 Å². The van der Waals surface area contributed by atoms with E-state index < -0.39 is 20.1 Å². The highest BCUT2D eigenvalue weighted by Gasteiger charge is 2.46. The number of ether oxygens (including phenoxy) is 1. The summed E-state index contributed by atoms with van der Waals surface area (Å²) < 4.78 is 5.10. The highest BCUT2D eigenvalue weighted by atomic mass is 32.1. The average Bonchev–Trinajstić information content (AvgIpc) is 2.71. The summed E-state index contributed by atoms with van der Waals surface area (Å²) in [5.74, 6) is 2.87. The number of nitrogens with zero attached hydrogens (tertiary/aromatic N) is 1. The lowest BCUT2D eigenvalue weighted by atomic mass is 10.2. The van der Waals surface area contributed by atoms with Crippen LogP contribution in [0.1, 0.15) is 34.1 Å². The molecule has 0 bridgehead atoms. The van der Waals surface area contributed by atoms with Gasteiger partial charge in [0.2, 0.25) is 8.07 Å². The lowest BCUT2D eigenvalue weighted by molar-refractivity contribution is -0.144. The van der Waals surface area contributed by atoms with Crippen LogP contribution in [0.4, 0.5) is 0 Å². The normalized spacial score (nSPS) is 12.1. The topological polar surface area (TPSA) is 38.7 Å². The van der Waals surface area contributed by atoms with E-state index in [1.165, 1.54) is 10.4 Å². The zero-order chi connectivity index (χ0) is 21.3. The first-order valence-electron chi connectivity index (χ1n) is 9.71. The van der Waals surface area contributed by atoms with Gasteiger partial charge >= 0.3 is 5.97 Å². The van der Waals surface area contributed by atoms with Crippen LogP contribution in [-0.2, 0) is 9.53 Å². The van der Waals surface area contributed by atoms with E-state index in [2.05, 4.69) is 90.9 Å². The van der Waals surface area contributed by atoms with Gasteiger partial charge in [0.05, 0.1) is 11.8 Å². The number of esters is 1. The molecule has 2 aromatic carbocycles. The van der Waals surface area contributed by atoms with Crippen LogP contribution in [0, 0.1) is 11.5 Å². The van der Waals surface area contributed by atoms with Crippen molar-refractivity contribution in [3.63, 3.8) is 0 Å². The lowest BCUT2D eigenvalue weighted by Gasteiger charge is -2.39. The maximum absolute atomic E-state index is 12.2. The molecule has 0 aliphatic rings. The minimum absolute atomic E-state index is 0.0739. The van der Waals surface area contributed by atoms with Crippen molar-refractivity contribution in [3.05, 3.63) is 60.7 Å². The molecule has 0 amide bonds. The van der Waals surface area contributed by atoms with E-state index in [4.69, 9.17) is 17.0 Å². The van der Waals surface area contributed by atoms with E-state index in [-0.39, 0.29) is 11.5 Å². The number of isothiocyanates is 1. The molecule has 3 nitrogen and oxygen atoms in total. The Hall–Kier alpha value is -2.51. The average molecular weight is 422 g/mol. The van der Waals surface area contributed by atoms with Crippen molar-refractivity contribution in [1.82, 2.24) is 0 Å². The first kappa shape index (κ1) is 22.8. The molecule has 29 heavy (non-hydrogen) atoms. The second kappa shape index (κ2) is 10.3. The highest BCUT2D eigenvalue weighted by Crippen LogP contribution is 2.35. The van der Waals surface area contributed by atoms with Crippen LogP contribution in [-0.4, -0.2) is 31.9 Å². The Bertz CT molecular complexity index is 881. The molecule has 0 fully saturated rings. The summed E-state index contributed by atoms with van der Waals surface area (Å²) in [6, 6.07) is 20.2. The fourth-order valence-electron chi connectivity index (χ4n) is 3.50. The number of aliphatic imine (C=N–C) groups is 1. The SMILES string of the molecule is CCOC(=O)C(CC#C[Si](c1ccccc1)(c1ccccc1)C(C)(C)C)N=C=S. The molecule has 2 rings (SSSR count). The van der Waals surface area contributed by atoms with Crippen molar-refractivity contribution >= 4 is 41.8 Å². The molecule has 0 aliphatic carbocycles. The van der Waals surface area contributed by atoms with E-state index in [1.807, 2.05) is 12.1 Å². The fourth-order valence-corrected chi connectivity index (χ4v) is 8.11. The van der Waals surface area contributed by atoms with Crippen LogP contribution in [0.3, 0.4) is 0 Å². The van der Waals surface area contributed by atoms with Crippen molar-refractivity contribution in [3.8, 4) is 11.5 Å². The van der Waals surface area contributed by atoms with Gasteiger partial charge in [0.25, 0.3) is 0 Å². The Balaban J connectivity index is 2.59. The van der Waals surface area contributed by atoms with Gasteiger partial charge in [-0.25, -0.2) is 9.79 Å². The van der Waals surface area contributed by atoms with Crippen LogP contribution in [0.5, 0.6) is 0 Å². The van der Waals surface area contributed by atoms with Crippen molar-refractivity contribution in [1.29, 1.82) is 0 Å². The second-order valence-electron chi connectivity index (χ2n) is 7.73. The summed E-state index contributed by atoms with van der Waals surface area (Å²) in [7, 11) is -2.49. The summed E-state index contributed by atoms with van der Waals surface area (Å²) in [5.41, 5.74) is 3.65. The van der Waals surface area contributed by atoms with Gasteiger partial charge in [-0.1, -0.05) is 81.4 Å². The van der Waals surface area contributed by atoms with Gasteiger partial charge in [-0.2, -0.15) is 0 Å². The molecular formula is C24H27NO2SSi. The standard InChI is InChI=1S/C24H27NO2SSi/c1-5-27-23(26)22(25-19-28)17-12-18-29(24(2,3)4,20-13-8-6-9-14-20)21-15-10-7-11-16-21/h6-11,13-16,22H,5,17H2,1-4H3. The quantitative estimate of drug-likeness (QED) is 0.232. The van der Waals surface area contributed by atoms with Crippen molar-refractivity contribution < 1.29 is 9.53 Å².